The first-order valence-electron chi connectivity index (χ1n) is 7.97. The SMILES string of the molecule is Cc1ccccc1OC[C@H](O)CN(CC(C)C)CC(C)C. The molecule has 21 heavy (non-hydrogen) atoms. The van der Waals surface area contributed by atoms with Crippen molar-refractivity contribution in [3.05, 3.63) is 29.8 Å². The van der Waals surface area contributed by atoms with Gasteiger partial charge >= 0.3 is 0 Å². The van der Waals surface area contributed by atoms with Gasteiger partial charge in [0, 0.05) is 19.6 Å². The van der Waals surface area contributed by atoms with Crippen LogP contribution in [0.25, 0.3) is 0 Å². The molecule has 3 nitrogen and oxygen atoms in total. The number of hydrogen-bond acceptors (Lipinski definition) is 3. The average molecular weight is 293 g/mol. The van der Waals surface area contributed by atoms with Gasteiger partial charge in [0.15, 0.2) is 0 Å². The second-order valence-corrected chi connectivity index (χ2v) is 6.74. The third-order valence-corrected chi connectivity index (χ3v) is 3.24. The first-order valence-corrected chi connectivity index (χ1v) is 7.97. The fourth-order valence-electron chi connectivity index (χ4n) is 2.51. The van der Waals surface area contributed by atoms with Gasteiger partial charge in [0.2, 0.25) is 0 Å². The van der Waals surface area contributed by atoms with Crippen LogP contribution < -0.4 is 4.74 Å². The Kier molecular flexibility index (Phi) is 7.76. The van der Waals surface area contributed by atoms with Gasteiger partial charge in [-0.25, -0.2) is 0 Å². The van der Waals surface area contributed by atoms with E-state index in [1.807, 2.05) is 31.2 Å². The second-order valence-electron chi connectivity index (χ2n) is 6.74. The molecule has 1 aromatic rings. The molecular weight excluding hydrogens is 262 g/mol. The van der Waals surface area contributed by atoms with Crippen molar-refractivity contribution in [3.63, 3.8) is 0 Å². The van der Waals surface area contributed by atoms with E-state index in [9.17, 15) is 5.11 Å². The monoisotopic (exact) mass is 293 g/mol. The molecule has 0 saturated carbocycles. The minimum Gasteiger partial charge on any atom is -0.491 e. The van der Waals surface area contributed by atoms with Crippen LogP contribution in [0.3, 0.4) is 0 Å². The Morgan fingerprint density at radius 3 is 2.10 bits per heavy atom. The summed E-state index contributed by atoms with van der Waals surface area (Å²) in [6.45, 7) is 13.9. The zero-order chi connectivity index (χ0) is 15.8. The minimum atomic E-state index is -0.456. The van der Waals surface area contributed by atoms with Gasteiger partial charge in [0.05, 0.1) is 0 Å². The molecule has 1 atom stereocenters. The Balaban J connectivity index is 2.46. The molecule has 120 valence electrons. The van der Waals surface area contributed by atoms with Gasteiger partial charge in [-0.05, 0) is 30.4 Å². The fourth-order valence-corrected chi connectivity index (χ4v) is 2.51. The van der Waals surface area contributed by atoms with Gasteiger partial charge in [-0.2, -0.15) is 0 Å². The summed E-state index contributed by atoms with van der Waals surface area (Å²) in [6, 6.07) is 7.91. The summed E-state index contributed by atoms with van der Waals surface area (Å²) in [6.07, 6.45) is -0.456. The van der Waals surface area contributed by atoms with E-state index in [4.69, 9.17) is 4.74 Å². The van der Waals surface area contributed by atoms with Crippen LogP contribution in [0.5, 0.6) is 5.75 Å². The molecule has 1 N–H and O–H groups in total. The topological polar surface area (TPSA) is 32.7 Å². The smallest absolute Gasteiger partial charge is 0.122 e. The summed E-state index contributed by atoms with van der Waals surface area (Å²) in [5.41, 5.74) is 1.10. The van der Waals surface area contributed by atoms with Gasteiger partial charge < -0.3 is 14.7 Å². The van der Waals surface area contributed by atoms with Gasteiger partial charge in [-0.3, -0.25) is 0 Å². The number of para-hydroxylation sites is 1. The molecule has 0 aliphatic rings. The maximum atomic E-state index is 10.2. The number of ether oxygens (including phenoxy) is 1. The van der Waals surface area contributed by atoms with Crippen molar-refractivity contribution < 1.29 is 9.84 Å². The van der Waals surface area contributed by atoms with Crippen molar-refractivity contribution in [1.82, 2.24) is 4.90 Å². The third-order valence-electron chi connectivity index (χ3n) is 3.24. The molecule has 0 heterocycles. The van der Waals surface area contributed by atoms with E-state index in [0.717, 1.165) is 24.4 Å². The lowest BCUT2D eigenvalue weighted by molar-refractivity contribution is 0.0599. The maximum Gasteiger partial charge on any atom is 0.122 e. The highest BCUT2D eigenvalue weighted by molar-refractivity contribution is 5.31. The highest BCUT2D eigenvalue weighted by atomic mass is 16.5. The van der Waals surface area contributed by atoms with E-state index in [2.05, 4.69) is 32.6 Å². The zero-order valence-corrected chi connectivity index (χ0v) is 14.2. The van der Waals surface area contributed by atoms with Gasteiger partial charge in [0.25, 0.3) is 0 Å². The van der Waals surface area contributed by atoms with E-state index in [1.54, 1.807) is 0 Å². The average Bonchev–Trinajstić information content (AvgIpc) is 2.36. The van der Waals surface area contributed by atoms with Crippen LogP contribution in [-0.2, 0) is 0 Å². The summed E-state index contributed by atoms with van der Waals surface area (Å²) < 4.78 is 5.73. The van der Waals surface area contributed by atoms with Crippen LogP contribution >= 0.6 is 0 Å². The maximum absolute atomic E-state index is 10.2. The molecule has 0 fully saturated rings. The van der Waals surface area contributed by atoms with Gasteiger partial charge in [0.1, 0.15) is 18.5 Å². The highest BCUT2D eigenvalue weighted by Gasteiger charge is 2.15. The molecular formula is C18H31NO2. The summed E-state index contributed by atoms with van der Waals surface area (Å²) in [4.78, 5) is 2.33. The number of benzene rings is 1. The molecule has 0 unspecified atom stereocenters. The summed E-state index contributed by atoms with van der Waals surface area (Å²) in [5, 5.41) is 10.2. The molecule has 0 radical (unpaired) electrons. The Morgan fingerprint density at radius 2 is 1.57 bits per heavy atom. The van der Waals surface area contributed by atoms with Crippen LogP contribution in [0, 0.1) is 18.8 Å². The molecule has 0 aliphatic carbocycles. The van der Waals surface area contributed by atoms with Crippen LogP contribution in [0.4, 0.5) is 0 Å². The number of hydrogen-bond donors (Lipinski definition) is 1. The van der Waals surface area contributed by atoms with Gasteiger partial charge in [-0.1, -0.05) is 45.9 Å². The van der Waals surface area contributed by atoms with Crippen LogP contribution in [0.15, 0.2) is 24.3 Å². The van der Waals surface area contributed by atoms with E-state index in [0.29, 0.717) is 25.0 Å². The highest BCUT2D eigenvalue weighted by Crippen LogP contribution is 2.16. The number of aliphatic hydroxyl groups excluding tert-OH is 1. The quantitative estimate of drug-likeness (QED) is 0.758. The summed E-state index contributed by atoms with van der Waals surface area (Å²) >= 11 is 0. The number of nitrogens with zero attached hydrogens (tertiary/aromatic N) is 1. The van der Waals surface area contributed by atoms with Crippen molar-refractivity contribution in [2.45, 2.75) is 40.7 Å². The van der Waals surface area contributed by atoms with E-state index in [-0.39, 0.29) is 0 Å². The Bertz CT molecular complexity index is 394. The predicted octanol–water partition coefficient (Wildman–Crippen LogP) is 3.35. The standard InChI is InChI=1S/C18H31NO2/c1-14(2)10-19(11-15(3)4)12-17(20)13-21-18-9-7-6-8-16(18)5/h6-9,14-15,17,20H,10-13H2,1-5H3/t17-/m1/s1. The van der Waals surface area contributed by atoms with E-state index >= 15 is 0 Å². The van der Waals surface area contributed by atoms with Crippen molar-refractivity contribution in [2.75, 3.05) is 26.2 Å². The minimum absolute atomic E-state index is 0.345. The summed E-state index contributed by atoms with van der Waals surface area (Å²) in [7, 11) is 0. The van der Waals surface area contributed by atoms with Crippen molar-refractivity contribution in [3.8, 4) is 5.75 Å². The third kappa shape index (κ3) is 7.49. The molecule has 1 rings (SSSR count). The number of rotatable bonds is 9. The molecule has 0 bridgehead atoms. The molecule has 3 heteroatoms. The number of aliphatic hydroxyl groups is 1. The molecule has 0 spiro atoms. The zero-order valence-electron chi connectivity index (χ0n) is 14.2. The largest absolute Gasteiger partial charge is 0.491 e. The summed E-state index contributed by atoms with van der Waals surface area (Å²) in [5.74, 6) is 2.07. The van der Waals surface area contributed by atoms with E-state index in [1.165, 1.54) is 0 Å². The first-order chi connectivity index (χ1) is 9.88. The predicted molar refractivity (Wildman–Crippen MR) is 88.8 cm³/mol. The van der Waals surface area contributed by atoms with Crippen LogP contribution in [0.2, 0.25) is 0 Å². The Hall–Kier alpha value is -1.06. The number of aryl methyl sites for hydroxylation is 1. The normalized spacial score (nSPS) is 13.2. The molecule has 0 aromatic heterocycles. The Morgan fingerprint density at radius 1 is 1.00 bits per heavy atom. The fraction of sp³-hybridized carbons (Fsp3) is 0.667. The van der Waals surface area contributed by atoms with Gasteiger partial charge in [-0.15, -0.1) is 0 Å². The second kappa shape index (κ2) is 9.06. The molecule has 1 aromatic carbocycles. The Labute approximate surface area is 129 Å². The lowest BCUT2D eigenvalue weighted by Gasteiger charge is -2.28. The molecule has 0 saturated heterocycles. The van der Waals surface area contributed by atoms with E-state index < -0.39 is 6.10 Å². The van der Waals surface area contributed by atoms with Crippen molar-refractivity contribution in [2.24, 2.45) is 11.8 Å². The lowest BCUT2D eigenvalue weighted by atomic mass is 10.1. The lowest BCUT2D eigenvalue weighted by Crippen LogP contribution is -2.39. The van der Waals surface area contributed by atoms with Crippen LogP contribution in [0.1, 0.15) is 33.3 Å². The van der Waals surface area contributed by atoms with Crippen molar-refractivity contribution >= 4 is 0 Å². The molecule has 0 amide bonds. The first kappa shape index (κ1) is 18.0. The molecule has 0 aliphatic heterocycles. The van der Waals surface area contributed by atoms with Crippen molar-refractivity contribution in [1.29, 1.82) is 0 Å². The van der Waals surface area contributed by atoms with Crippen LogP contribution in [-0.4, -0.2) is 42.4 Å².